The molecule has 2 aromatic rings. The van der Waals surface area contributed by atoms with E-state index in [1.54, 1.807) is 40.7 Å². The molecule has 0 saturated carbocycles. The van der Waals surface area contributed by atoms with Gasteiger partial charge in [-0.05, 0) is 50.1 Å². The van der Waals surface area contributed by atoms with Crippen LogP contribution in [-0.2, 0) is 14.8 Å². The summed E-state index contributed by atoms with van der Waals surface area (Å²) >= 11 is 1.14. The van der Waals surface area contributed by atoms with Gasteiger partial charge < -0.3 is 15.4 Å². The fourth-order valence-corrected chi connectivity index (χ4v) is 7.27. The first-order chi connectivity index (χ1) is 17.0. The van der Waals surface area contributed by atoms with E-state index in [4.69, 9.17) is 4.74 Å². The Labute approximate surface area is 214 Å². The van der Waals surface area contributed by atoms with Crippen LogP contribution in [-0.4, -0.2) is 51.4 Å². The van der Waals surface area contributed by atoms with Gasteiger partial charge in [-0.15, -0.1) is 11.3 Å². The lowest BCUT2D eigenvalue weighted by Gasteiger charge is -2.31. The maximum atomic E-state index is 13.2. The Morgan fingerprint density at radius 1 is 1.06 bits per heavy atom. The fraction of sp³-hybridized carbons (Fsp3) is 0.577. The van der Waals surface area contributed by atoms with Gasteiger partial charge in [-0.1, -0.05) is 57.2 Å². The number of nitrogens with zero attached hydrogens (tertiary/aromatic N) is 1. The molecule has 0 bridgehead atoms. The number of nitrogens with one attached hydrogen (secondary N) is 2. The Kier molecular flexibility index (Phi) is 11.2. The molecule has 1 aliphatic heterocycles. The maximum absolute atomic E-state index is 13.2. The number of rotatable bonds is 14. The maximum Gasteiger partial charge on any atom is 0.253 e. The monoisotopic (exact) mass is 521 g/mol. The van der Waals surface area contributed by atoms with Crippen LogP contribution in [0.3, 0.4) is 0 Å². The molecule has 9 heteroatoms. The molecule has 1 aromatic heterocycles. The highest BCUT2D eigenvalue weighted by Crippen LogP contribution is 2.31. The highest BCUT2D eigenvalue weighted by molar-refractivity contribution is 7.91. The van der Waals surface area contributed by atoms with Gasteiger partial charge in [0.1, 0.15) is 4.21 Å². The highest BCUT2D eigenvalue weighted by atomic mass is 32.2. The second kappa shape index (κ2) is 14.1. The molecule has 0 radical (unpaired) electrons. The molecule has 0 spiro atoms. The summed E-state index contributed by atoms with van der Waals surface area (Å²) in [6, 6.07) is 12.6. The third kappa shape index (κ3) is 8.11. The number of benzene rings is 1. The summed E-state index contributed by atoms with van der Waals surface area (Å²) in [7, 11) is -2.08. The average molecular weight is 522 g/mol. The van der Waals surface area contributed by atoms with Crippen molar-refractivity contribution in [3.05, 3.63) is 52.9 Å². The molecule has 1 atom stereocenters. The van der Waals surface area contributed by atoms with Gasteiger partial charge in [0.2, 0.25) is 0 Å². The Balaban J connectivity index is 1.49. The van der Waals surface area contributed by atoms with E-state index in [-0.39, 0.29) is 10.1 Å². The first-order valence-electron chi connectivity index (χ1n) is 12.7. The van der Waals surface area contributed by atoms with Gasteiger partial charge in [0.05, 0.1) is 4.88 Å². The van der Waals surface area contributed by atoms with E-state index in [1.807, 2.05) is 6.07 Å². The molecule has 194 valence electrons. The Morgan fingerprint density at radius 3 is 2.43 bits per heavy atom. The fourth-order valence-electron chi connectivity index (χ4n) is 4.29. The number of unbranched alkanes of at least 4 members (excludes halogenated alkanes) is 5. The van der Waals surface area contributed by atoms with Crippen LogP contribution in [0.1, 0.15) is 79.8 Å². The molecule has 1 saturated heterocycles. The summed E-state index contributed by atoms with van der Waals surface area (Å²) < 4.78 is 33.8. The lowest BCUT2D eigenvalue weighted by molar-refractivity contribution is 0.0591. The van der Waals surface area contributed by atoms with Crippen LogP contribution in [0, 0.1) is 0 Å². The summed E-state index contributed by atoms with van der Waals surface area (Å²) in [5.41, 5.74) is 0.520. The molecule has 7 nitrogen and oxygen atoms in total. The predicted octanol–water partition coefficient (Wildman–Crippen LogP) is 4.93. The molecule has 1 aromatic carbocycles. The normalized spacial score (nSPS) is 16.3. The average Bonchev–Trinajstić information content (AvgIpc) is 3.38. The minimum Gasteiger partial charge on any atom is -0.357 e. The Bertz CT molecular complexity index is 1000. The summed E-state index contributed by atoms with van der Waals surface area (Å²) in [6.07, 6.45) is 8.58. The van der Waals surface area contributed by atoms with Crippen molar-refractivity contribution in [3.63, 3.8) is 0 Å². The van der Waals surface area contributed by atoms with Gasteiger partial charge in [0.15, 0.2) is 6.23 Å². The molecule has 3 rings (SSSR count). The van der Waals surface area contributed by atoms with Crippen LogP contribution in [0.4, 0.5) is 0 Å². The number of sulfonamides is 1. The number of methoxy groups -OCH3 is 1. The number of amides is 1. The molecule has 1 amide bonds. The third-order valence-corrected chi connectivity index (χ3v) is 9.90. The van der Waals surface area contributed by atoms with Gasteiger partial charge in [0.25, 0.3) is 15.9 Å². The van der Waals surface area contributed by atoms with E-state index >= 15 is 0 Å². The summed E-state index contributed by atoms with van der Waals surface area (Å²) in [5, 5.41) is 6.43. The SMILES string of the molecule is CCCCCCCCNC1CCN(S(=O)(=O)c2ccc(C(NC(=O)c3ccccc3)OC)s2)CC1. The zero-order valence-electron chi connectivity index (χ0n) is 20.9. The summed E-state index contributed by atoms with van der Waals surface area (Å²) in [6.45, 7) is 4.27. The number of hydrogen-bond donors (Lipinski definition) is 2. The van der Waals surface area contributed by atoms with Crippen molar-refractivity contribution in [1.82, 2.24) is 14.9 Å². The Hall–Kier alpha value is -1.78. The quantitative estimate of drug-likeness (QED) is 0.272. The standard InChI is InChI=1S/C26H39N3O4S2/c1-3-4-5-6-7-11-18-27-22-16-19-29(20-17-22)35(31,32)24-15-14-23(34-24)26(33-2)28-25(30)21-12-9-8-10-13-21/h8-10,12-15,22,26-27H,3-7,11,16-20H2,1-2H3,(H,28,30). The van der Waals surface area contributed by atoms with Gasteiger partial charge in [0, 0.05) is 31.8 Å². The number of hydrogen-bond acceptors (Lipinski definition) is 6. The largest absolute Gasteiger partial charge is 0.357 e. The van der Waals surface area contributed by atoms with E-state index in [9.17, 15) is 13.2 Å². The second-order valence-electron chi connectivity index (χ2n) is 9.01. The van der Waals surface area contributed by atoms with Crippen LogP contribution in [0.15, 0.2) is 46.7 Å². The van der Waals surface area contributed by atoms with Crippen LogP contribution < -0.4 is 10.6 Å². The topological polar surface area (TPSA) is 87.7 Å². The van der Waals surface area contributed by atoms with Gasteiger partial charge in [-0.2, -0.15) is 4.31 Å². The molecule has 1 aliphatic rings. The second-order valence-corrected chi connectivity index (χ2v) is 12.3. The van der Waals surface area contributed by atoms with E-state index in [0.29, 0.717) is 29.6 Å². The zero-order chi connectivity index (χ0) is 25.1. The number of carbonyl (C=O) groups excluding carboxylic acids is 1. The molecular formula is C26H39N3O4S2. The van der Waals surface area contributed by atoms with E-state index < -0.39 is 16.3 Å². The molecule has 2 N–H and O–H groups in total. The molecule has 35 heavy (non-hydrogen) atoms. The van der Waals surface area contributed by atoms with Crippen molar-refractivity contribution in [1.29, 1.82) is 0 Å². The Morgan fingerprint density at radius 2 is 1.74 bits per heavy atom. The number of thiophene rings is 1. The molecular weight excluding hydrogens is 482 g/mol. The number of piperidine rings is 1. The van der Waals surface area contributed by atoms with Gasteiger partial charge in [-0.25, -0.2) is 8.42 Å². The van der Waals surface area contributed by atoms with Crippen LogP contribution in [0.25, 0.3) is 0 Å². The molecule has 1 unspecified atom stereocenters. The van der Waals surface area contributed by atoms with Crippen molar-refractivity contribution in [3.8, 4) is 0 Å². The molecule has 2 heterocycles. The molecule has 0 aliphatic carbocycles. The van der Waals surface area contributed by atoms with Crippen LogP contribution in [0.5, 0.6) is 0 Å². The number of carbonyl (C=O) groups is 1. The highest BCUT2D eigenvalue weighted by Gasteiger charge is 2.31. The molecule has 1 fully saturated rings. The van der Waals surface area contributed by atoms with Crippen LogP contribution >= 0.6 is 11.3 Å². The zero-order valence-corrected chi connectivity index (χ0v) is 22.5. The van der Waals surface area contributed by atoms with Crippen molar-refractivity contribution in [2.45, 2.75) is 74.8 Å². The van der Waals surface area contributed by atoms with Crippen molar-refractivity contribution >= 4 is 27.3 Å². The third-order valence-electron chi connectivity index (χ3n) is 6.41. The summed E-state index contributed by atoms with van der Waals surface area (Å²) in [5.74, 6) is -0.272. The predicted molar refractivity (Wildman–Crippen MR) is 141 cm³/mol. The smallest absolute Gasteiger partial charge is 0.253 e. The van der Waals surface area contributed by atoms with E-state index in [1.165, 1.54) is 45.6 Å². The van der Waals surface area contributed by atoms with Crippen molar-refractivity contribution in [2.75, 3.05) is 26.7 Å². The van der Waals surface area contributed by atoms with Crippen molar-refractivity contribution < 1.29 is 17.9 Å². The lowest BCUT2D eigenvalue weighted by Crippen LogP contribution is -2.44. The number of ether oxygens (including phenoxy) is 1. The minimum atomic E-state index is -3.57. The van der Waals surface area contributed by atoms with Crippen LogP contribution in [0.2, 0.25) is 0 Å². The lowest BCUT2D eigenvalue weighted by atomic mass is 10.1. The first kappa shape index (κ1) is 27.8. The van der Waals surface area contributed by atoms with Crippen molar-refractivity contribution in [2.24, 2.45) is 0 Å². The van der Waals surface area contributed by atoms with E-state index in [2.05, 4.69) is 17.6 Å². The van der Waals surface area contributed by atoms with E-state index in [0.717, 1.165) is 30.7 Å². The summed E-state index contributed by atoms with van der Waals surface area (Å²) in [4.78, 5) is 13.1. The minimum absolute atomic E-state index is 0.272. The van der Waals surface area contributed by atoms with Gasteiger partial charge in [-0.3, -0.25) is 4.79 Å². The van der Waals surface area contributed by atoms with Gasteiger partial charge >= 0.3 is 0 Å². The first-order valence-corrected chi connectivity index (χ1v) is 14.9.